The number of hydrogen-bond acceptors (Lipinski definition) is 3. The van der Waals surface area contributed by atoms with Crippen molar-refractivity contribution >= 4 is 16.6 Å². The summed E-state index contributed by atoms with van der Waals surface area (Å²) in [4.78, 5) is 4.70. The van der Waals surface area contributed by atoms with Gasteiger partial charge < -0.3 is 11.1 Å². The van der Waals surface area contributed by atoms with Gasteiger partial charge in [0.15, 0.2) is 0 Å². The largest absolute Gasteiger partial charge is 0.380 e. The number of nitrogens with two attached hydrogens (primary N) is 1. The van der Waals surface area contributed by atoms with Crippen LogP contribution in [-0.4, -0.2) is 17.6 Å². The van der Waals surface area contributed by atoms with E-state index in [0.29, 0.717) is 12.0 Å². The Hall–Kier alpha value is -1.61. The van der Waals surface area contributed by atoms with E-state index >= 15 is 0 Å². The number of para-hydroxylation sites is 1. The van der Waals surface area contributed by atoms with Crippen LogP contribution in [0.2, 0.25) is 0 Å². The second-order valence-corrected chi connectivity index (χ2v) is 5.86. The Morgan fingerprint density at radius 1 is 1.20 bits per heavy atom. The molecular weight excluding hydrogens is 246 g/mol. The van der Waals surface area contributed by atoms with Crippen LogP contribution in [0.15, 0.2) is 30.3 Å². The molecule has 0 saturated heterocycles. The van der Waals surface area contributed by atoms with Gasteiger partial charge in [-0.25, -0.2) is 0 Å². The van der Waals surface area contributed by atoms with Gasteiger partial charge >= 0.3 is 0 Å². The number of rotatable bonds is 3. The zero-order valence-electron chi connectivity index (χ0n) is 12.1. The molecule has 1 aliphatic carbocycles. The molecule has 3 nitrogen and oxygen atoms in total. The highest BCUT2D eigenvalue weighted by Gasteiger charge is 2.24. The van der Waals surface area contributed by atoms with Crippen molar-refractivity contribution < 1.29 is 0 Å². The number of benzene rings is 1. The molecule has 106 valence electrons. The highest BCUT2D eigenvalue weighted by Crippen LogP contribution is 2.29. The van der Waals surface area contributed by atoms with Gasteiger partial charge in [0.05, 0.1) is 11.2 Å². The lowest BCUT2D eigenvalue weighted by atomic mass is 9.84. The van der Waals surface area contributed by atoms with E-state index in [0.717, 1.165) is 23.4 Å². The standard InChI is InChI=1S/C17H23N3/c1-12-9-10-13-6-4-8-16(17(13)19-12)20-15-7-3-2-5-14(15)11-18/h4,6,8-10,14-15,20H,2-3,5,7,11,18H2,1H3. The zero-order valence-corrected chi connectivity index (χ0v) is 12.1. The molecule has 3 heteroatoms. The highest BCUT2D eigenvalue weighted by molar-refractivity contribution is 5.90. The van der Waals surface area contributed by atoms with Crippen molar-refractivity contribution in [3.05, 3.63) is 36.0 Å². The second-order valence-electron chi connectivity index (χ2n) is 5.86. The highest BCUT2D eigenvalue weighted by atomic mass is 14.9. The van der Waals surface area contributed by atoms with Gasteiger partial charge in [-0.2, -0.15) is 0 Å². The number of nitrogens with zero attached hydrogens (tertiary/aromatic N) is 1. The fourth-order valence-electron chi connectivity index (χ4n) is 3.24. The maximum atomic E-state index is 5.93. The number of hydrogen-bond donors (Lipinski definition) is 2. The topological polar surface area (TPSA) is 50.9 Å². The molecule has 1 aromatic carbocycles. The lowest BCUT2D eigenvalue weighted by molar-refractivity contribution is 0.333. The molecule has 1 aliphatic rings. The van der Waals surface area contributed by atoms with Crippen LogP contribution >= 0.6 is 0 Å². The first-order chi connectivity index (χ1) is 9.78. The van der Waals surface area contributed by atoms with Gasteiger partial charge in [-0.15, -0.1) is 0 Å². The van der Waals surface area contributed by atoms with E-state index in [1.54, 1.807) is 0 Å². The third-order valence-electron chi connectivity index (χ3n) is 4.41. The number of pyridine rings is 1. The summed E-state index contributed by atoms with van der Waals surface area (Å²) in [6.45, 7) is 2.81. The minimum Gasteiger partial charge on any atom is -0.380 e. The molecule has 0 radical (unpaired) electrons. The first-order valence-corrected chi connectivity index (χ1v) is 7.61. The Bertz CT molecular complexity index is 594. The van der Waals surface area contributed by atoms with E-state index in [1.807, 2.05) is 6.92 Å². The van der Waals surface area contributed by atoms with Crippen LogP contribution in [0.3, 0.4) is 0 Å². The molecule has 0 bridgehead atoms. The van der Waals surface area contributed by atoms with Crippen LogP contribution in [0, 0.1) is 12.8 Å². The normalized spacial score (nSPS) is 22.9. The summed E-state index contributed by atoms with van der Waals surface area (Å²) >= 11 is 0. The predicted molar refractivity (Wildman–Crippen MR) is 84.9 cm³/mol. The fourth-order valence-corrected chi connectivity index (χ4v) is 3.24. The van der Waals surface area contributed by atoms with E-state index in [4.69, 9.17) is 10.7 Å². The van der Waals surface area contributed by atoms with Crippen LogP contribution < -0.4 is 11.1 Å². The summed E-state index contributed by atoms with van der Waals surface area (Å²) in [6.07, 6.45) is 5.06. The molecule has 20 heavy (non-hydrogen) atoms. The van der Waals surface area contributed by atoms with Crippen molar-refractivity contribution in [3.8, 4) is 0 Å². The molecular formula is C17H23N3. The van der Waals surface area contributed by atoms with Crippen LogP contribution in [0.5, 0.6) is 0 Å². The van der Waals surface area contributed by atoms with Gasteiger partial charge in [-0.3, -0.25) is 4.98 Å². The molecule has 3 rings (SSSR count). The Balaban J connectivity index is 1.91. The van der Waals surface area contributed by atoms with Gasteiger partial charge in [0.1, 0.15) is 0 Å². The molecule has 2 aromatic rings. The average molecular weight is 269 g/mol. The number of fused-ring (bicyclic) bond motifs is 1. The Morgan fingerprint density at radius 3 is 2.90 bits per heavy atom. The minimum absolute atomic E-state index is 0.488. The number of nitrogens with one attached hydrogen (secondary N) is 1. The number of aromatic nitrogens is 1. The molecule has 0 spiro atoms. The SMILES string of the molecule is Cc1ccc2cccc(NC3CCCCC3CN)c2n1. The maximum absolute atomic E-state index is 5.93. The van der Waals surface area contributed by atoms with Crippen LogP contribution in [0.1, 0.15) is 31.4 Å². The van der Waals surface area contributed by atoms with E-state index < -0.39 is 0 Å². The van der Waals surface area contributed by atoms with Crippen LogP contribution in [0.25, 0.3) is 10.9 Å². The molecule has 0 aliphatic heterocycles. The monoisotopic (exact) mass is 269 g/mol. The smallest absolute Gasteiger partial charge is 0.0936 e. The molecule has 3 N–H and O–H groups in total. The van der Waals surface area contributed by atoms with Crippen molar-refractivity contribution in [1.29, 1.82) is 0 Å². The van der Waals surface area contributed by atoms with Gasteiger partial charge in [0, 0.05) is 17.1 Å². The first kappa shape index (κ1) is 13.4. The molecule has 1 heterocycles. The number of aryl methyl sites for hydroxylation is 1. The summed E-state index contributed by atoms with van der Waals surface area (Å²) in [5.74, 6) is 0.587. The number of anilines is 1. The summed E-state index contributed by atoms with van der Waals surface area (Å²) in [5.41, 5.74) is 9.22. The maximum Gasteiger partial charge on any atom is 0.0936 e. The van der Waals surface area contributed by atoms with E-state index in [-0.39, 0.29) is 0 Å². The van der Waals surface area contributed by atoms with Gasteiger partial charge in [-0.1, -0.05) is 31.0 Å². The average Bonchev–Trinajstić information content (AvgIpc) is 2.48. The zero-order chi connectivity index (χ0) is 13.9. The van der Waals surface area contributed by atoms with E-state index in [1.165, 1.54) is 31.1 Å². The summed E-state index contributed by atoms with van der Waals surface area (Å²) in [6, 6.07) is 11.0. The van der Waals surface area contributed by atoms with Gasteiger partial charge in [0.25, 0.3) is 0 Å². The quantitative estimate of drug-likeness (QED) is 0.897. The third-order valence-corrected chi connectivity index (χ3v) is 4.41. The Morgan fingerprint density at radius 2 is 2.05 bits per heavy atom. The van der Waals surface area contributed by atoms with Crippen molar-refractivity contribution in [2.45, 2.75) is 38.6 Å². The molecule has 1 aromatic heterocycles. The third kappa shape index (κ3) is 2.63. The van der Waals surface area contributed by atoms with Crippen molar-refractivity contribution in [2.75, 3.05) is 11.9 Å². The van der Waals surface area contributed by atoms with Crippen LogP contribution in [0.4, 0.5) is 5.69 Å². The van der Waals surface area contributed by atoms with Gasteiger partial charge in [-0.05, 0) is 44.4 Å². The molecule has 1 saturated carbocycles. The molecule has 2 atom stereocenters. The molecule has 2 unspecified atom stereocenters. The minimum atomic E-state index is 0.488. The Labute approximate surface area is 120 Å². The van der Waals surface area contributed by atoms with Crippen molar-refractivity contribution in [1.82, 2.24) is 4.98 Å². The van der Waals surface area contributed by atoms with Crippen LogP contribution in [-0.2, 0) is 0 Å². The van der Waals surface area contributed by atoms with Gasteiger partial charge in [0.2, 0.25) is 0 Å². The predicted octanol–water partition coefficient (Wildman–Crippen LogP) is 3.47. The second kappa shape index (κ2) is 5.80. The fraction of sp³-hybridized carbons (Fsp3) is 0.471. The Kier molecular flexibility index (Phi) is 3.88. The lowest BCUT2D eigenvalue weighted by Gasteiger charge is -2.32. The summed E-state index contributed by atoms with van der Waals surface area (Å²) in [5, 5.41) is 4.90. The van der Waals surface area contributed by atoms with E-state index in [2.05, 4.69) is 35.6 Å². The molecule has 0 amide bonds. The lowest BCUT2D eigenvalue weighted by Crippen LogP contribution is -2.36. The van der Waals surface area contributed by atoms with E-state index in [9.17, 15) is 0 Å². The summed E-state index contributed by atoms with van der Waals surface area (Å²) in [7, 11) is 0. The van der Waals surface area contributed by atoms with Crippen molar-refractivity contribution in [2.24, 2.45) is 11.7 Å². The first-order valence-electron chi connectivity index (χ1n) is 7.61. The van der Waals surface area contributed by atoms with Crippen molar-refractivity contribution in [3.63, 3.8) is 0 Å². The molecule has 1 fully saturated rings. The summed E-state index contributed by atoms with van der Waals surface area (Å²) < 4.78 is 0.